The third kappa shape index (κ3) is 4.84. The number of ether oxygens (including phenoxy) is 1. The molecule has 0 saturated carbocycles. The van der Waals surface area contributed by atoms with Crippen LogP contribution in [0.2, 0.25) is 0 Å². The van der Waals surface area contributed by atoms with Crippen LogP contribution < -0.4 is 10.1 Å². The van der Waals surface area contributed by atoms with Gasteiger partial charge in [-0.05, 0) is 35.9 Å². The van der Waals surface area contributed by atoms with Crippen LogP contribution in [0.5, 0.6) is 5.75 Å². The molecular formula is C15H13BrFNO3. The minimum Gasteiger partial charge on any atom is -0.484 e. The third-order valence-electron chi connectivity index (χ3n) is 2.59. The summed E-state index contributed by atoms with van der Waals surface area (Å²) in [6, 6.07) is 11.0. The van der Waals surface area contributed by atoms with Gasteiger partial charge < -0.3 is 15.2 Å². The quantitative estimate of drug-likeness (QED) is 0.868. The summed E-state index contributed by atoms with van der Waals surface area (Å²) in [5.74, 6) is -0.685. The Kier molecular flexibility index (Phi) is 5.30. The molecule has 0 bridgehead atoms. The van der Waals surface area contributed by atoms with Crippen molar-refractivity contribution in [3.63, 3.8) is 0 Å². The van der Waals surface area contributed by atoms with Gasteiger partial charge in [-0.15, -0.1) is 0 Å². The predicted molar refractivity (Wildman–Crippen MR) is 80.6 cm³/mol. The fourth-order valence-corrected chi connectivity index (χ4v) is 2.11. The highest BCUT2D eigenvalue weighted by Gasteiger charge is 2.06. The van der Waals surface area contributed by atoms with Crippen molar-refractivity contribution in [1.29, 1.82) is 0 Å². The van der Waals surface area contributed by atoms with E-state index in [1.54, 1.807) is 18.2 Å². The number of aliphatic hydroxyl groups is 1. The number of rotatable bonds is 5. The first-order chi connectivity index (χ1) is 10.1. The maximum absolute atomic E-state index is 13.2. The standard InChI is InChI=1S/C15H13BrFNO3/c16-11-2-1-3-13(6-11)18-15(20)9-21-14-5-10(8-19)4-12(17)7-14/h1-7,19H,8-9H2,(H,18,20). The first-order valence-electron chi connectivity index (χ1n) is 6.15. The predicted octanol–water partition coefficient (Wildman–Crippen LogP) is 3.10. The first-order valence-corrected chi connectivity index (χ1v) is 6.94. The first kappa shape index (κ1) is 15.5. The molecule has 0 aliphatic carbocycles. The number of carbonyl (C=O) groups excluding carboxylic acids is 1. The molecule has 0 saturated heterocycles. The minimum absolute atomic E-state index is 0.198. The molecule has 2 rings (SSSR count). The zero-order valence-corrected chi connectivity index (χ0v) is 12.6. The van der Waals surface area contributed by atoms with Crippen LogP contribution in [0.25, 0.3) is 0 Å². The van der Waals surface area contributed by atoms with Crippen molar-refractivity contribution >= 4 is 27.5 Å². The van der Waals surface area contributed by atoms with E-state index in [4.69, 9.17) is 9.84 Å². The van der Waals surface area contributed by atoms with E-state index in [1.165, 1.54) is 12.1 Å². The number of hydrogen-bond donors (Lipinski definition) is 2. The molecule has 0 spiro atoms. The summed E-state index contributed by atoms with van der Waals surface area (Å²) in [4.78, 5) is 11.7. The molecule has 0 unspecified atom stereocenters. The van der Waals surface area contributed by atoms with Gasteiger partial charge in [0.05, 0.1) is 6.61 Å². The van der Waals surface area contributed by atoms with Crippen LogP contribution in [0, 0.1) is 5.82 Å². The van der Waals surface area contributed by atoms with E-state index in [2.05, 4.69) is 21.2 Å². The van der Waals surface area contributed by atoms with Crippen molar-refractivity contribution in [2.45, 2.75) is 6.61 Å². The average Bonchev–Trinajstić information content (AvgIpc) is 2.44. The number of anilines is 1. The molecule has 0 fully saturated rings. The second-order valence-electron chi connectivity index (χ2n) is 4.30. The Bertz CT molecular complexity index is 649. The van der Waals surface area contributed by atoms with Gasteiger partial charge in [0, 0.05) is 16.2 Å². The lowest BCUT2D eigenvalue weighted by atomic mass is 10.2. The van der Waals surface area contributed by atoms with Crippen LogP contribution in [0.15, 0.2) is 46.9 Å². The van der Waals surface area contributed by atoms with Crippen molar-refractivity contribution in [3.05, 3.63) is 58.3 Å². The molecule has 2 N–H and O–H groups in total. The van der Waals surface area contributed by atoms with Crippen LogP contribution >= 0.6 is 15.9 Å². The van der Waals surface area contributed by atoms with Crippen LogP contribution in [0.3, 0.4) is 0 Å². The average molecular weight is 354 g/mol. The summed E-state index contributed by atoms with van der Waals surface area (Å²) in [7, 11) is 0. The summed E-state index contributed by atoms with van der Waals surface area (Å²) < 4.78 is 19.3. The smallest absolute Gasteiger partial charge is 0.262 e. The summed E-state index contributed by atoms with van der Waals surface area (Å²) in [5, 5.41) is 11.6. The van der Waals surface area contributed by atoms with Gasteiger partial charge in [0.25, 0.3) is 5.91 Å². The molecular weight excluding hydrogens is 341 g/mol. The fourth-order valence-electron chi connectivity index (χ4n) is 1.71. The largest absolute Gasteiger partial charge is 0.484 e. The SMILES string of the molecule is O=C(COc1cc(F)cc(CO)c1)Nc1cccc(Br)c1. The second kappa shape index (κ2) is 7.19. The summed E-state index contributed by atoms with van der Waals surface area (Å²) in [6.45, 7) is -0.542. The molecule has 1 amide bonds. The molecule has 2 aromatic carbocycles. The highest BCUT2D eigenvalue weighted by Crippen LogP contribution is 2.17. The van der Waals surface area contributed by atoms with Crippen LogP contribution in [-0.2, 0) is 11.4 Å². The van der Waals surface area contributed by atoms with Crippen LogP contribution in [0.1, 0.15) is 5.56 Å². The van der Waals surface area contributed by atoms with E-state index in [1.807, 2.05) is 6.07 Å². The second-order valence-corrected chi connectivity index (χ2v) is 5.22. The maximum atomic E-state index is 13.2. The Hall–Kier alpha value is -1.92. The Balaban J connectivity index is 1.93. The third-order valence-corrected chi connectivity index (χ3v) is 3.09. The van der Waals surface area contributed by atoms with Crippen molar-refractivity contribution in [3.8, 4) is 5.75 Å². The van der Waals surface area contributed by atoms with Gasteiger partial charge in [-0.2, -0.15) is 0 Å². The molecule has 0 aromatic heterocycles. The van der Waals surface area contributed by atoms with Gasteiger partial charge in [-0.25, -0.2) is 4.39 Å². The number of carbonyl (C=O) groups is 1. The molecule has 0 radical (unpaired) electrons. The topological polar surface area (TPSA) is 58.6 Å². The number of benzene rings is 2. The molecule has 6 heteroatoms. The highest BCUT2D eigenvalue weighted by atomic mass is 79.9. The summed E-state index contributed by atoms with van der Waals surface area (Å²) in [6.07, 6.45) is 0. The van der Waals surface area contributed by atoms with Gasteiger partial charge in [0.15, 0.2) is 6.61 Å². The van der Waals surface area contributed by atoms with Gasteiger partial charge in [0.2, 0.25) is 0 Å². The monoisotopic (exact) mass is 353 g/mol. The lowest BCUT2D eigenvalue weighted by Crippen LogP contribution is -2.20. The number of halogens is 2. The number of nitrogens with one attached hydrogen (secondary N) is 1. The molecule has 0 aliphatic rings. The molecule has 2 aromatic rings. The van der Waals surface area contributed by atoms with Crippen molar-refractivity contribution in [2.75, 3.05) is 11.9 Å². The van der Waals surface area contributed by atoms with Crippen LogP contribution in [-0.4, -0.2) is 17.6 Å². The maximum Gasteiger partial charge on any atom is 0.262 e. The Labute approximate surface area is 129 Å². The molecule has 110 valence electrons. The molecule has 0 heterocycles. The number of amides is 1. The van der Waals surface area contributed by atoms with E-state index in [0.29, 0.717) is 11.3 Å². The van der Waals surface area contributed by atoms with Crippen molar-refractivity contribution in [1.82, 2.24) is 0 Å². The number of aliphatic hydroxyl groups excluding tert-OH is 1. The molecule has 0 atom stereocenters. The Morgan fingerprint density at radius 3 is 2.81 bits per heavy atom. The molecule has 4 nitrogen and oxygen atoms in total. The minimum atomic E-state index is -0.524. The van der Waals surface area contributed by atoms with Gasteiger partial charge in [0.1, 0.15) is 11.6 Å². The zero-order valence-electron chi connectivity index (χ0n) is 11.0. The van der Waals surface area contributed by atoms with Gasteiger partial charge in [-0.1, -0.05) is 22.0 Å². The van der Waals surface area contributed by atoms with E-state index in [9.17, 15) is 9.18 Å². The van der Waals surface area contributed by atoms with E-state index in [0.717, 1.165) is 10.5 Å². The van der Waals surface area contributed by atoms with E-state index in [-0.39, 0.29) is 24.9 Å². The normalized spacial score (nSPS) is 10.2. The zero-order chi connectivity index (χ0) is 15.2. The van der Waals surface area contributed by atoms with Crippen LogP contribution in [0.4, 0.5) is 10.1 Å². The van der Waals surface area contributed by atoms with E-state index < -0.39 is 5.82 Å². The summed E-state index contributed by atoms with van der Waals surface area (Å²) >= 11 is 3.30. The highest BCUT2D eigenvalue weighted by molar-refractivity contribution is 9.10. The number of hydrogen-bond acceptors (Lipinski definition) is 3. The Morgan fingerprint density at radius 2 is 2.10 bits per heavy atom. The van der Waals surface area contributed by atoms with E-state index >= 15 is 0 Å². The molecule has 21 heavy (non-hydrogen) atoms. The van der Waals surface area contributed by atoms with Crippen molar-refractivity contribution < 1.29 is 19.0 Å². The van der Waals surface area contributed by atoms with Gasteiger partial charge >= 0.3 is 0 Å². The molecule has 0 aliphatic heterocycles. The van der Waals surface area contributed by atoms with Crippen molar-refractivity contribution in [2.24, 2.45) is 0 Å². The van der Waals surface area contributed by atoms with Gasteiger partial charge in [-0.3, -0.25) is 4.79 Å². The Morgan fingerprint density at radius 1 is 1.29 bits per heavy atom. The summed E-state index contributed by atoms with van der Waals surface area (Å²) in [5.41, 5.74) is 1.02. The lowest BCUT2D eigenvalue weighted by molar-refractivity contribution is -0.118. The lowest BCUT2D eigenvalue weighted by Gasteiger charge is -2.09. The fraction of sp³-hybridized carbons (Fsp3) is 0.133.